The van der Waals surface area contributed by atoms with Crippen LogP contribution in [0.2, 0.25) is 0 Å². The SMILES string of the molecule is CC(C)CN(/C=N/c1nc(=O)n(C2CC(O)C(CO)O2)cc1I)CC(C)C. The Morgan fingerprint density at radius 2 is 2.04 bits per heavy atom. The van der Waals surface area contributed by atoms with Crippen molar-refractivity contribution in [1.82, 2.24) is 14.5 Å². The molecule has 0 bridgehead atoms. The lowest BCUT2D eigenvalue weighted by Gasteiger charge is -2.23. The summed E-state index contributed by atoms with van der Waals surface area (Å²) < 4.78 is 7.60. The number of aliphatic imine (C=N–C) groups is 1. The van der Waals surface area contributed by atoms with Crippen molar-refractivity contribution in [3.8, 4) is 0 Å². The Hall–Kier alpha value is -1.04. The quantitative estimate of drug-likeness (QED) is 0.326. The summed E-state index contributed by atoms with van der Waals surface area (Å²) in [6, 6.07) is 0. The first-order chi connectivity index (χ1) is 12.7. The fourth-order valence-corrected chi connectivity index (χ4v) is 3.59. The Kier molecular flexibility index (Phi) is 8.20. The first-order valence-corrected chi connectivity index (χ1v) is 10.3. The number of aliphatic hydroxyl groups is 2. The predicted octanol–water partition coefficient (Wildman–Crippen LogP) is 1.76. The van der Waals surface area contributed by atoms with Gasteiger partial charge in [-0.2, -0.15) is 4.98 Å². The van der Waals surface area contributed by atoms with Gasteiger partial charge in [0.05, 0.1) is 22.6 Å². The summed E-state index contributed by atoms with van der Waals surface area (Å²) >= 11 is 2.08. The van der Waals surface area contributed by atoms with E-state index >= 15 is 0 Å². The van der Waals surface area contributed by atoms with Gasteiger partial charge in [-0.3, -0.25) is 4.57 Å². The zero-order valence-corrected chi connectivity index (χ0v) is 18.4. The fraction of sp³-hybridized carbons (Fsp3) is 0.722. The van der Waals surface area contributed by atoms with Crippen LogP contribution in [0.1, 0.15) is 40.3 Å². The Labute approximate surface area is 173 Å². The second-order valence-electron chi connectivity index (χ2n) is 7.70. The van der Waals surface area contributed by atoms with E-state index < -0.39 is 24.1 Å². The summed E-state index contributed by atoms with van der Waals surface area (Å²) in [5, 5.41) is 19.1. The van der Waals surface area contributed by atoms with Crippen molar-refractivity contribution >= 4 is 34.7 Å². The van der Waals surface area contributed by atoms with Crippen molar-refractivity contribution in [2.75, 3.05) is 19.7 Å². The molecule has 2 N–H and O–H groups in total. The largest absolute Gasteiger partial charge is 0.394 e. The molecular formula is C18H29IN4O4. The van der Waals surface area contributed by atoms with Crippen LogP contribution in [0, 0.1) is 15.4 Å². The number of hydrogen-bond acceptors (Lipinski definition) is 6. The zero-order chi connectivity index (χ0) is 20.1. The number of aliphatic hydroxyl groups excluding tert-OH is 2. The second-order valence-corrected chi connectivity index (χ2v) is 8.87. The Balaban J connectivity index is 2.19. The van der Waals surface area contributed by atoms with E-state index in [0.717, 1.165) is 13.1 Å². The summed E-state index contributed by atoms with van der Waals surface area (Å²) in [4.78, 5) is 23.1. The third-order valence-corrected chi connectivity index (χ3v) is 4.89. The van der Waals surface area contributed by atoms with Crippen LogP contribution in [0.15, 0.2) is 16.0 Å². The lowest BCUT2D eigenvalue weighted by Crippen LogP contribution is -2.30. The van der Waals surface area contributed by atoms with Gasteiger partial charge >= 0.3 is 5.69 Å². The van der Waals surface area contributed by atoms with Gasteiger partial charge in [-0.15, -0.1) is 0 Å². The van der Waals surface area contributed by atoms with E-state index in [-0.39, 0.29) is 13.0 Å². The molecule has 0 aromatic carbocycles. The number of ether oxygens (including phenoxy) is 1. The summed E-state index contributed by atoms with van der Waals surface area (Å²) in [6.07, 6.45) is 1.51. The Morgan fingerprint density at radius 3 is 2.56 bits per heavy atom. The maximum atomic E-state index is 12.4. The summed E-state index contributed by atoms with van der Waals surface area (Å²) in [5.41, 5.74) is -0.488. The normalized spacial score (nSPS) is 23.1. The molecule has 1 saturated heterocycles. The highest BCUT2D eigenvalue weighted by atomic mass is 127. The molecule has 152 valence electrons. The number of halogens is 1. The molecule has 1 aliphatic rings. The van der Waals surface area contributed by atoms with Crippen molar-refractivity contribution < 1.29 is 14.9 Å². The van der Waals surface area contributed by atoms with E-state index in [0.29, 0.717) is 21.2 Å². The molecule has 1 aliphatic heterocycles. The smallest absolute Gasteiger partial charge is 0.351 e. The van der Waals surface area contributed by atoms with Crippen LogP contribution in [0.25, 0.3) is 0 Å². The fourth-order valence-electron chi connectivity index (χ4n) is 3.03. The average Bonchev–Trinajstić information content (AvgIpc) is 2.94. The van der Waals surface area contributed by atoms with Gasteiger partial charge in [0.2, 0.25) is 0 Å². The highest BCUT2D eigenvalue weighted by Crippen LogP contribution is 2.28. The zero-order valence-electron chi connectivity index (χ0n) is 16.2. The first-order valence-electron chi connectivity index (χ1n) is 9.22. The van der Waals surface area contributed by atoms with Crippen molar-refractivity contribution in [3.05, 3.63) is 20.3 Å². The van der Waals surface area contributed by atoms with Crippen LogP contribution in [0.3, 0.4) is 0 Å². The molecular weight excluding hydrogens is 463 g/mol. The standard InChI is InChI=1S/C18H29IN4O4/c1-11(2)6-22(7-12(3)4)10-20-17-13(19)8-23(18(26)21-17)16-5-14(25)15(9-24)27-16/h8,10-12,14-16,24-25H,5-7,9H2,1-4H3/b20-10+. The summed E-state index contributed by atoms with van der Waals surface area (Å²) in [7, 11) is 0. The molecule has 27 heavy (non-hydrogen) atoms. The minimum atomic E-state index is -0.803. The lowest BCUT2D eigenvalue weighted by atomic mass is 10.1. The van der Waals surface area contributed by atoms with Gasteiger partial charge in [0.1, 0.15) is 12.3 Å². The van der Waals surface area contributed by atoms with Crippen molar-refractivity contribution in [3.63, 3.8) is 0 Å². The monoisotopic (exact) mass is 492 g/mol. The lowest BCUT2D eigenvalue weighted by molar-refractivity contribution is -0.0459. The average molecular weight is 492 g/mol. The molecule has 0 aliphatic carbocycles. The molecule has 1 aromatic heterocycles. The molecule has 3 unspecified atom stereocenters. The number of hydrogen-bond donors (Lipinski definition) is 2. The maximum absolute atomic E-state index is 12.4. The molecule has 0 radical (unpaired) electrons. The molecule has 9 heteroatoms. The molecule has 0 amide bonds. The third kappa shape index (κ3) is 6.23. The van der Waals surface area contributed by atoms with Crippen LogP contribution in [0.5, 0.6) is 0 Å². The topological polar surface area (TPSA) is 100 Å². The van der Waals surface area contributed by atoms with Crippen LogP contribution in [-0.4, -0.2) is 62.9 Å². The highest BCUT2D eigenvalue weighted by Gasteiger charge is 2.35. The van der Waals surface area contributed by atoms with Gasteiger partial charge in [-0.1, -0.05) is 27.7 Å². The minimum Gasteiger partial charge on any atom is -0.394 e. The van der Waals surface area contributed by atoms with Crippen molar-refractivity contribution in [2.24, 2.45) is 16.8 Å². The van der Waals surface area contributed by atoms with Crippen molar-refractivity contribution in [1.29, 1.82) is 0 Å². The number of aromatic nitrogens is 2. The van der Waals surface area contributed by atoms with Gasteiger partial charge in [0, 0.05) is 25.7 Å². The van der Waals surface area contributed by atoms with E-state index in [1.807, 2.05) is 0 Å². The molecule has 2 rings (SSSR count). The van der Waals surface area contributed by atoms with Gasteiger partial charge < -0.3 is 19.8 Å². The first kappa shape index (κ1) is 22.3. The Bertz CT molecular complexity index is 697. The molecule has 1 aromatic rings. The van der Waals surface area contributed by atoms with Crippen LogP contribution < -0.4 is 5.69 Å². The van der Waals surface area contributed by atoms with Gasteiger partial charge in [-0.05, 0) is 34.4 Å². The van der Waals surface area contributed by atoms with Gasteiger partial charge in [-0.25, -0.2) is 9.79 Å². The van der Waals surface area contributed by atoms with E-state index in [9.17, 15) is 15.0 Å². The maximum Gasteiger partial charge on any atom is 0.351 e. The highest BCUT2D eigenvalue weighted by molar-refractivity contribution is 14.1. The molecule has 1 fully saturated rings. The summed E-state index contributed by atoms with van der Waals surface area (Å²) in [5.74, 6) is 1.37. The molecule has 8 nitrogen and oxygen atoms in total. The van der Waals surface area contributed by atoms with Crippen LogP contribution >= 0.6 is 22.6 Å². The van der Waals surface area contributed by atoms with Crippen LogP contribution in [0.4, 0.5) is 5.82 Å². The molecule has 0 saturated carbocycles. The van der Waals surface area contributed by atoms with E-state index in [2.05, 4.69) is 65.2 Å². The second kappa shape index (κ2) is 9.94. The third-order valence-electron chi connectivity index (χ3n) is 4.13. The molecule has 0 spiro atoms. The number of nitrogens with zero attached hydrogens (tertiary/aromatic N) is 4. The van der Waals surface area contributed by atoms with E-state index in [1.54, 1.807) is 12.5 Å². The van der Waals surface area contributed by atoms with Gasteiger partial charge in [0.15, 0.2) is 5.82 Å². The summed E-state index contributed by atoms with van der Waals surface area (Å²) in [6.45, 7) is 10.1. The van der Waals surface area contributed by atoms with Crippen LogP contribution in [-0.2, 0) is 4.74 Å². The Morgan fingerprint density at radius 1 is 1.41 bits per heavy atom. The number of rotatable bonds is 8. The van der Waals surface area contributed by atoms with Crippen molar-refractivity contribution in [2.45, 2.75) is 52.6 Å². The minimum absolute atomic E-state index is 0.238. The molecule has 3 atom stereocenters. The molecule has 2 heterocycles. The van der Waals surface area contributed by atoms with E-state index in [4.69, 9.17) is 4.74 Å². The predicted molar refractivity (Wildman–Crippen MR) is 112 cm³/mol. The van der Waals surface area contributed by atoms with E-state index in [1.165, 1.54) is 4.57 Å². The van der Waals surface area contributed by atoms with Gasteiger partial charge in [0.25, 0.3) is 0 Å².